The van der Waals surface area contributed by atoms with Crippen molar-refractivity contribution in [3.8, 4) is 0 Å². The molecule has 0 aliphatic carbocycles. The maximum absolute atomic E-state index is 12.7. The molecule has 1 aliphatic rings. The van der Waals surface area contributed by atoms with Crippen LogP contribution in [0.2, 0.25) is 5.02 Å². The van der Waals surface area contributed by atoms with E-state index < -0.39 is 10.0 Å². The molecule has 3 rings (SSSR count). The number of carbonyl (C=O) groups excluding carboxylic acids is 1. The number of sulfonamides is 1. The second-order valence-electron chi connectivity index (χ2n) is 6.54. The fourth-order valence-corrected chi connectivity index (χ4v) is 4.41. The van der Waals surface area contributed by atoms with Gasteiger partial charge in [0.15, 0.2) is 0 Å². The maximum atomic E-state index is 12.7. The molecule has 0 spiro atoms. The molecule has 2 amide bonds. The normalized spacial score (nSPS) is 15.7. The minimum absolute atomic E-state index is 0.252. The van der Waals surface area contributed by atoms with Crippen LogP contribution < -0.4 is 5.32 Å². The molecule has 0 bridgehead atoms. The lowest BCUT2D eigenvalue weighted by atomic mass is 10.2. The Morgan fingerprint density at radius 1 is 1.00 bits per heavy atom. The van der Waals surface area contributed by atoms with Gasteiger partial charge in [-0.25, -0.2) is 13.2 Å². The van der Waals surface area contributed by atoms with Crippen molar-refractivity contribution < 1.29 is 13.2 Å². The van der Waals surface area contributed by atoms with Crippen molar-refractivity contribution in [2.24, 2.45) is 0 Å². The summed E-state index contributed by atoms with van der Waals surface area (Å²) in [5.74, 6) is 0. The van der Waals surface area contributed by atoms with Gasteiger partial charge in [-0.15, -0.1) is 0 Å². The number of carbonyl (C=O) groups is 1. The summed E-state index contributed by atoms with van der Waals surface area (Å²) in [6, 6.07) is 13.8. The molecule has 28 heavy (non-hydrogen) atoms. The van der Waals surface area contributed by atoms with Crippen LogP contribution in [0.4, 0.5) is 4.79 Å². The average Bonchev–Trinajstić information content (AvgIpc) is 2.70. The summed E-state index contributed by atoms with van der Waals surface area (Å²) in [5.41, 5.74) is 1.92. The van der Waals surface area contributed by atoms with Gasteiger partial charge in [-0.05, 0) is 42.8 Å². The molecule has 1 fully saturated rings. The molecule has 148 valence electrons. The minimum Gasteiger partial charge on any atom is -0.322 e. The molecule has 0 aromatic heterocycles. The number of benzene rings is 2. The first kappa shape index (κ1) is 20.4. The first-order chi connectivity index (χ1) is 13.4. The van der Waals surface area contributed by atoms with Crippen LogP contribution in [-0.4, -0.2) is 49.8 Å². The van der Waals surface area contributed by atoms with E-state index in [-0.39, 0.29) is 24.0 Å². The van der Waals surface area contributed by atoms with Gasteiger partial charge in [-0.2, -0.15) is 4.31 Å². The van der Waals surface area contributed by atoms with Gasteiger partial charge < -0.3 is 10.2 Å². The zero-order valence-corrected chi connectivity index (χ0v) is 17.1. The van der Waals surface area contributed by atoms with Gasteiger partial charge in [0.05, 0.1) is 4.90 Å². The van der Waals surface area contributed by atoms with Crippen LogP contribution in [0, 0.1) is 6.92 Å². The molecule has 0 saturated carbocycles. The highest BCUT2D eigenvalue weighted by molar-refractivity contribution is 7.89. The summed E-state index contributed by atoms with van der Waals surface area (Å²) in [4.78, 5) is 14.2. The van der Waals surface area contributed by atoms with Gasteiger partial charge in [0.2, 0.25) is 10.0 Å². The standard InChI is InChI=1S/C20H22ClN3O3S/c1-16-2-8-19(9-3-16)28(26,27)24-14-12-23(13-15-24)20(25)22-11-10-17-4-6-18(21)7-5-17/h2-11H,12-15H2,1H3,(H,22,25)/b11-10+. The number of nitrogens with zero attached hydrogens (tertiary/aromatic N) is 2. The predicted molar refractivity (Wildman–Crippen MR) is 111 cm³/mol. The first-order valence-corrected chi connectivity index (χ1v) is 10.7. The van der Waals surface area contributed by atoms with E-state index >= 15 is 0 Å². The Morgan fingerprint density at radius 3 is 2.21 bits per heavy atom. The second kappa shape index (κ2) is 8.77. The van der Waals surface area contributed by atoms with Gasteiger partial charge in [-0.3, -0.25) is 0 Å². The van der Waals surface area contributed by atoms with E-state index in [0.717, 1.165) is 11.1 Å². The molecule has 6 nitrogen and oxygen atoms in total. The Hall–Kier alpha value is -2.35. The topological polar surface area (TPSA) is 69.7 Å². The van der Waals surface area contributed by atoms with Crippen LogP contribution in [0.3, 0.4) is 0 Å². The molecular weight excluding hydrogens is 398 g/mol. The van der Waals surface area contributed by atoms with Crippen LogP contribution in [0.1, 0.15) is 11.1 Å². The van der Waals surface area contributed by atoms with E-state index in [0.29, 0.717) is 18.1 Å². The summed E-state index contributed by atoms with van der Waals surface area (Å²) in [6.07, 6.45) is 3.34. The Balaban J connectivity index is 1.53. The van der Waals surface area contributed by atoms with Crippen LogP contribution in [0.25, 0.3) is 6.08 Å². The molecule has 2 aromatic rings. The Kier molecular flexibility index (Phi) is 6.39. The molecule has 1 aliphatic heterocycles. The van der Waals surface area contributed by atoms with E-state index in [1.165, 1.54) is 4.31 Å². The van der Waals surface area contributed by atoms with Crippen molar-refractivity contribution >= 4 is 33.7 Å². The van der Waals surface area contributed by atoms with Crippen LogP contribution >= 0.6 is 11.6 Å². The molecule has 8 heteroatoms. The zero-order chi connectivity index (χ0) is 20.1. The third-order valence-electron chi connectivity index (χ3n) is 4.54. The quantitative estimate of drug-likeness (QED) is 0.826. The van der Waals surface area contributed by atoms with Gasteiger partial charge in [0.25, 0.3) is 0 Å². The predicted octanol–water partition coefficient (Wildman–Crippen LogP) is 3.34. The van der Waals surface area contributed by atoms with E-state index in [4.69, 9.17) is 11.6 Å². The summed E-state index contributed by atoms with van der Waals surface area (Å²) in [5, 5.41) is 3.36. The maximum Gasteiger partial charge on any atom is 0.321 e. The van der Waals surface area contributed by atoms with Gasteiger partial charge in [0.1, 0.15) is 0 Å². The van der Waals surface area contributed by atoms with Crippen LogP contribution in [0.5, 0.6) is 0 Å². The largest absolute Gasteiger partial charge is 0.322 e. The smallest absolute Gasteiger partial charge is 0.321 e. The van der Waals surface area contributed by atoms with Crippen LogP contribution in [0.15, 0.2) is 59.6 Å². The van der Waals surface area contributed by atoms with Crippen molar-refractivity contribution in [3.05, 3.63) is 70.9 Å². The summed E-state index contributed by atoms with van der Waals surface area (Å²) in [6.45, 7) is 3.13. The van der Waals surface area contributed by atoms with E-state index in [1.54, 1.807) is 53.6 Å². The van der Waals surface area contributed by atoms with E-state index in [2.05, 4.69) is 5.32 Å². The highest BCUT2D eigenvalue weighted by Crippen LogP contribution is 2.18. The monoisotopic (exact) mass is 419 g/mol. The lowest BCUT2D eigenvalue weighted by Gasteiger charge is -2.33. The van der Waals surface area contributed by atoms with E-state index in [9.17, 15) is 13.2 Å². The van der Waals surface area contributed by atoms with E-state index in [1.807, 2.05) is 19.1 Å². The molecule has 1 saturated heterocycles. The number of nitrogens with one attached hydrogen (secondary N) is 1. The van der Waals surface area contributed by atoms with Crippen molar-refractivity contribution in [1.29, 1.82) is 0 Å². The summed E-state index contributed by atoms with van der Waals surface area (Å²) < 4.78 is 26.8. The van der Waals surface area contributed by atoms with Gasteiger partial charge >= 0.3 is 6.03 Å². The highest BCUT2D eigenvalue weighted by atomic mass is 35.5. The lowest BCUT2D eigenvalue weighted by Crippen LogP contribution is -2.52. The third kappa shape index (κ3) is 4.92. The van der Waals surface area contributed by atoms with Gasteiger partial charge in [-0.1, -0.05) is 41.4 Å². The molecule has 2 aromatic carbocycles. The van der Waals surface area contributed by atoms with Gasteiger partial charge in [0, 0.05) is 37.4 Å². The lowest BCUT2D eigenvalue weighted by molar-refractivity contribution is 0.175. The molecular formula is C20H22ClN3O3S. The number of hydrogen-bond donors (Lipinski definition) is 1. The Morgan fingerprint density at radius 2 is 1.61 bits per heavy atom. The SMILES string of the molecule is Cc1ccc(S(=O)(=O)N2CCN(C(=O)N/C=C/c3ccc(Cl)cc3)CC2)cc1. The first-order valence-electron chi connectivity index (χ1n) is 8.91. The zero-order valence-electron chi connectivity index (χ0n) is 15.5. The number of halogens is 1. The highest BCUT2D eigenvalue weighted by Gasteiger charge is 2.29. The number of piperazine rings is 1. The third-order valence-corrected chi connectivity index (χ3v) is 6.70. The van der Waals surface area contributed by atoms with Crippen LogP contribution in [-0.2, 0) is 10.0 Å². The summed E-state index contributed by atoms with van der Waals surface area (Å²) >= 11 is 5.84. The average molecular weight is 420 g/mol. The second-order valence-corrected chi connectivity index (χ2v) is 8.91. The number of amides is 2. The number of rotatable bonds is 4. The molecule has 0 radical (unpaired) electrons. The molecule has 0 atom stereocenters. The molecule has 1 heterocycles. The fraction of sp³-hybridized carbons (Fsp3) is 0.250. The van der Waals surface area contributed by atoms with Crippen molar-refractivity contribution in [2.45, 2.75) is 11.8 Å². The number of hydrogen-bond acceptors (Lipinski definition) is 3. The van der Waals surface area contributed by atoms with Crippen molar-refractivity contribution in [2.75, 3.05) is 26.2 Å². The molecule has 1 N–H and O–H groups in total. The minimum atomic E-state index is -3.53. The van der Waals surface area contributed by atoms with Crippen molar-refractivity contribution in [1.82, 2.24) is 14.5 Å². The van der Waals surface area contributed by atoms with Crippen molar-refractivity contribution in [3.63, 3.8) is 0 Å². The summed E-state index contributed by atoms with van der Waals surface area (Å²) in [7, 11) is -3.53. The number of urea groups is 1. The fourth-order valence-electron chi connectivity index (χ4n) is 2.87. The Labute approximate surface area is 170 Å². The molecule has 0 unspecified atom stereocenters. The number of aryl methyl sites for hydroxylation is 1. The Bertz CT molecular complexity index is 949.